The molecule has 0 aliphatic carbocycles. The van der Waals surface area contributed by atoms with E-state index in [9.17, 15) is 0 Å². The summed E-state index contributed by atoms with van der Waals surface area (Å²) >= 11 is 0. The Hall–Kier alpha value is -1.89. The molecule has 0 aromatic carbocycles. The molecule has 0 fully saturated rings. The first-order chi connectivity index (χ1) is 9.55. The quantitative estimate of drug-likeness (QED) is 0.289. The minimum absolute atomic E-state index is 0.00261. The Morgan fingerprint density at radius 3 is 2.85 bits per heavy atom. The van der Waals surface area contributed by atoms with Gasteiger partial charge in [0.2, 0.25) is 0 Å². The highest BCUT2D eigenvalue weighted by Crippen LogP contribution is 2.25. The normalized spacial score (nSPS) is 12.3. The zero-order chi connectivity index (χ0) is 14.7. The zero-order valence-electron chi connectivity index (χ0n) is 10.8. The summed E-state index contributed by atoms with van der Waals surface area (Å²) in [6.45, 7) is -0.00261. The van der Waals surface area contributed by atoms with Crippen LogP contribution in [0.15, 0.2) is 18.5 Å². The van der Waals surface area contributed by atoms with E-state index in [4.69, 9.17) is 22.4 Å². The summed E-state index contributed by atoms with van der Waals surface area (Å²) in [5.41, 5.74) is 16.3. The second-order valence-electron chi connectivity index (χ2n) is 4.37. The van der Waals surface area contributed by atoms with Gasteiger partial charge in [0.25, 0.3) is 0 Å². The molecule has 0 aliphatic heterocycles. The lowest BCUT2D eigenvalue weighted by molar-refractivity contribution is 0.264. The van der Waals surface area contributed by atoms with E-state index in [1.54, 1.807) is 16.9 Å². The van der Waals surface area contributed by atoms with Gasteiger partial charge in [-0.05, 0) is 17.2 Å². The Morgan fingerprint density at radius 1 is 1.45 bits per heavy atom. The van der Waals surface area contributed by atoms with Crippen LogP contribution in [0.4, 0.5) is 17.3 Å². The molecule has 0 saturated heterocycles. The Morgan fingerprint density at radius 2 is 2.20 bits per heavy atom. The summed E-state index contributed by atoms with van der Waals surface area (Å²) in [5.74, 6) is 5.90. The van der Waals surface area contributed by atoms with Crippen LogP contribution in [-0.2, 0) is 6.42 Å². The van der Waals surface area contributed by atoms with Gasteiger partial charge < -0.3 is 22.0 Å². The van der Waals surface area contributed by atoms with E-state index in [2.05, 4.69) is 24.7 Å². The number of aromatic nitrogens is 3. The largest absolute Gasteiger partial charge is 0.395 e. The van der Waals surface area contributed by atoms with E-state index < -0.39 is 0 Å². The summed E-state index contributed by atoms with van der Waals surface area (Å²) in [6.07, 6.45) is 4.12. The minimum atomic E-state index is -0.148. The molecule has 0 spiro atoms. The first kappa shape index (κ1) is 14.5. The van der Waals surface area contributed by atoms with Crippen LogP contribution in [0.2, 0.25) is 0 Å². The molecule has 2 heterocycles. The number of nitrogens with zero attached hydrogens (tertiary/aromatic N) is 3. The van der Waals surface area contributed by atoms with Crippen LogP contribution >= 0.6 is 9.24 Å². The van der Waals surface area contributed by atoms with Gasteiger partial charge in [0.05, 0.1) is 24.3 Å². The van der Waals surface area contributed by atoms with Crippen molar-refractivity contribution in [3.8, 4) is 0 Å². The molecule has 0 bridgehead atoms. The number of hydrazine groups is 1. The van der Waals surface area contributed by atoms with Gasteiger partial charge in [-0.25, -0.2) is 10.8 Å². The maximum absolute atomic E-state index is 9.09. The molecular weight excluding hydrogens is 277 g/mol. The van der Waals surface area contributed by atoms with Crippen molar-refractivity contribution in [3.05, 3.63) is 29.6 Å². The smallest absolute Gasteiger partial charge is 0.165 e. The highest BCUT2D eigenvalue weighted by molar-refractivity contribution is 7.16. The maximum Gasteiger partial charge on any atom is 0.165 e. The van der Waals surface area contributed by atoms with E-state index in [-0.39, 0.29) is 12.4 Å². The van der Waals surface area contributed by atoms with Crippen LogP contribution in [0, 0.1) is 0 Å². The lowest BCUT2D eigenvalue weighted by atomic mass is 10.1. The third-order valence-electron chi connectivity index (χ3n) is 2.88. The highest BCUT2D eigenvalue weighted by atomic mass is 31.0. The number of nitrogens with two attached hydrogens (primary N) is 3. The van der Waals surface area contributed by atoms with E-state index in [1.807, 2.05) is 6.20 Å². The van der Waals surface area contributed by atoms with Crippen molar-refractivity contribution in [2.45, 2.75) is 12.2 Å². The fourth-order valence-electron chi connectivity index (χ4n) is 1.84. The average molecular weight is 295 g/mol. The minimum Gasteiger partial charge on any atom is -0.395 e. The van der Waals surface area contributed by atoms with Crippen molar-refractivity contribution in [2.24, 2.45) is 5.84 Å². The molecule has 8 nitrogen and oxygen atoms in total. The number of rotatable bonds is 5. The second kappa shape index (κ2) is 6.04. The van der Waals surface area contributed by atoms with E-state index >= 15 is 0 Å². The molecule has 0 aliphatic rings. The molecule has 2 aromatic heterocycles. The third kappa shape index (κ3) is 2.98. The van der Waals surface area contributed by atoms with Crippen LogP contribution < -0.4 is 22.7 Å². The second-order valence-corrected chi connectivity index (χ2v) is 5.14. The maximum atomic E-state index is 9.09. The summed E-state index contributed by atoms with van der Waals surface area (Å²) < 4.78 is 1.67. The SMILES string of the molecule is NNc1nc(N)cc(Cc2cnn(C(P)CO)c2)c1N. The lowest BCUT2D eigenvalue weighted by Gasteiger charge is -2.10. The molecule has 108 valence electrons. The lowest BCUT2D eigenvalue weighted by Crippen LogP contribution is -2.13. The summed E-state index contributed by atoms with van der Waals surface area (Å²) in [5, 5.41) is 13.3. The Labute approximate surface area is 118 Å². The fraction of sp³-hybridized carbons (Fsp3) is 0.273. The summed E-state index contributed by atoms with van der Waals surface area (Å²) in [7, 11) is 2.51. The van der Waals surface area contributed by atoms with Crippen molar-refractivity contribution in [1.29, 1.82) is 0 Å². The predicted molar refractivity (Wildman–Crippen MR) is 81.7 cm³/mol. The predicted octanol–water partition coefficient (Wildman–Crippen LogP) is -0.315. The van der Waals surface area contributed by atoms with Crippen LogP contribution in [0.1, 0.15) is 16.9 Å². The number of nitrogens with one attached hydrogen (secondary N) is 1. The van der Waals surface area contributed by atoms with E-state index in [1.165, 1.54) is 0 Å². The molecule has 9 heteroatoms. The molecule has 0 radical (unpaired) electrons. The number of anilines is 3. The van der Waals surface area contributed by atoms with E-state index in [0.717, 1.165) is 11.1 Å². The van der Waals surface area contributed by atoms with Gasteiger partial charge >= 0.3 is 0 Å². The summed E-state index contributed by atoms with van der Waals surface area (Å²) in [4.78, 5) is 4.00. The monoisotopic (exact) mass is 295 g/mol. The van der Waals surface area contributed by atoms with Crippen LogP contribution in [0.25, 0.3) is 0 Å². The number of hydrogen-bond donors (Lipinski definition) is 5. The molecular formula is C11H18N7OP. The van der Waals surface area contributed by atoms with Crippen LogP contribution in [-0.4, -0.2) is 26.5 Å². The topological polar surface area (TPSA) is 141 Å². The van der Waals surface area contributed by atoms with Gasteiger partial charge in [0.1, 0.15) is 5.82 Å². The zero-order valence-corrected chi connectivity index (χ0v) is 12.0. The van der Waals surface area contributed by atoms with Crippen molar-refractivity contribution in [3.63, 3.8) is 0 Å². The van der Waals surface area contributed by atoms with E-state index in [0.29, 0.717) is 23.7 Å². The molecule has 20 heavy (non-hydrogen) atoms. The molecule has 2 unspecified atom stereocenters. The fourth-order valence-corrected chi connectivity index (χ4v) is 2.00. The van der Waals surface area contributed by atoms with Gasteiger partial charge in [0, 0.05) is 12.6 Å². The van der Waals surface area contributed by atoms with Crippen molar-refractivity contribution in [1.82, 2.24) is 14.8 Å². The van der Waals surface area contributed by atoms with Gasteiger partial charge in [-0.1, -0.05) is 0 Å². The average Bonchev–Trinajstić information content (AvgIpc) is 2.90. The molecule has 2 atom stereocenters. The molecule has 0 saturated carbocycles. The molecule has 0 amide bonds. The van der Waals surface area contributed by atoms with Gasteiger partial charge in [-0.15, -0.1) is 9.24 Å². The van der Waals surface area contributed by atoms with Gasteiger partial charge in [-0.3, -0.25) is 4.68 Å². The van der Waals surface area contributed by atoms with Gasteiger partial charge in [-0.2, -0.15) is 5.10 Å². The standard InChI is InChI=1S/C11H18N7OP/c12-8-2-7(10(13)11(16-8)17-14)1-6-3-15-18(4-6)9(20)5-19/h2-4,9,19H,1,5,13-14,20H2,(H3,12,16,17). The number of nitrogen functional groups attached to an aromatic ring is 3. The third-order valence-corrected chi connectivity index (χ3v) is 3.39. The number of aliphatic hydroxyl groups excluding tert-OH is 1. The first-order valence-electron chi connectivity index (χ1n) is 5.96. The van der Waals surface area contributed by atoms with Crippen molar-refractivity contribution >= 4 is 26.6 Å². The van der Waals surface area contributed by atoms with Gasteiger partial charge in [0.15, 0.2) is 5.82 Å². The number of hydrogen-bond acceptors (Lipinski definition) is 7. The van der Waals surface area contributed by atoms with Crippen molar-refractivity contribution in [2.75, 3.05) is 23.5 Å². The molecule has 2 rings (SSSR count). The van der Waals surface area contributed by atoms with Crippen molar-refractivity contribution < 1.29 is 5.11 Å². The highest BCUT2D eigenvalue weighted by Gasteiger charge is 2.11. The summed E-state index contributed by atoms with van der Waals surface area (Å²) in [6, 6.07) is 1.71. The Kier molecular flexibility index (Phi) is 4.39. The number of pyridine rings is 1. The Balaban J connectivity index is 2.26. The first-order valence-corrected chi connectivity index (χ1v) is 6.62. The number of aliphatic hydroxyl groups is 1. The molecule has 8 N–H and O–H groups in total. The van der Waals surface area contributed by atoms with Crippen LogP contribution in [0.3, 0.4) is 0 Å². The Bertz CT molecular complexity index is 600. The van der Waals surface area contributed by atoms with Crippen LogP contribution in [0.5, 0.6) is 0 Å². The molecule has 2 aromatic rings.